The van der Waals surface area contributed by atoms with Gasteiger partial charge in [0.25, 0.3) is 0 Å². The van der Waals surface area contributed by atoms with Gasteiger partial charge in [0.2, 0.25) is 5.91 Å². The standard InChI is InChI=1S/C15H20N2O4/c16-8-12-15(20)14(19)11(21-12)7-13(18)17-6-5-9-3-1-2-4-10(9)17/h1-4,11-12,14-15,19-20H,5-8,16H2/t11-,12-,14+,15-/m1/s1. The summed E-state index contributed by atoms with van der Waals surface area (Å²) in [7, 11) is 0. The van der Waals surface area contributed by atoms with E-state index in [4.69, 9.17) is 10.5 Å². The van der Waals surface area contributed by atoms with Crippen LogP contribution in [0.5, 0.6) is 0 Å². The normalized spacial score (nSPS) is 31.5. The van der Waals surface area contributed by atoms with Gasteiger partial charge in [-0.1, -0.05) is 18.2 Å². The number of aliphatic hydroxyl groups is 2. The first-order valence-corrected chi connectivity index (χ1v) is 7.21. The van der Waals surface area contributed by atoms with Gasteiger partial charge in [0.15, 0.2) is 0 Å². The average molecular weight is 292 g/mol. The lowest BCUT2D eigenvalue weighted by atomic mass is 10.1. The average Bonchev–Trinajstić information content (AvgIpc) is 3.03. The molecule has 21 heavy (non-hydrogen) atoms. The quantitative estimate of drug-likeness (QED) is 0.692. The van der Waals surface area contributed by atoms with Gasteiger partial charge in [0.05, 0.1) is 18.6 Å². The van der Waals surface area contributed by atoms with Crippen LogP contribution in [-0.4, -0.2) is 53.6 Å². The number of hydrogen-bond acceptors (Lipinski definition) is 5. The van der Waals surface area contributed by atoms with E-state index in [1.165, 1.54) is 0 Å². The zero-order valence-corrected chi connectivity index (χ0v) is 11.7. The predicted molar refractivity (Wildman–Crippen MR) is 76.8 cm³/mol. The Morgan fingerprint density at radius 1 is 1.29 bits per heavy atom. The van der Waals surface area contributed by atoms with Gasteiger partial charge in [0.1, 0.15) is 12.2 Å². The molecule has 0 aliphatic carbocycles. The van der Waals surface area contributed by atoms with E-state index in [1.807, 2.05) is 24.3 Å². The predicted octanol–water partition coefficient (Wildman–Crippen LogP) is -0.586. The highest BCUT2D eigenvalue weighted by Gasteiger charge is 2.43. The third-order valence-corrected chi connectivity index (χ3v) is 4.26. The van der Waals surface area contributed by atoms with Crippen LogP contribution >= 0.6 is 0 Å². The van der Waals surface area contributed by atoms with Crippen molar-refractivity contribution in [2.45, 2.75) is 37.3 Å². The number of nitrogens with two attached hydrogens (primary N) is 1. The number of para-hydroxylation sites is 1. The molecular weight excluding hydrogens is 272 g/mol. The summed E-state index contributed by atoms with van der Waals surface area (Å²) in [5.74, 6) is -0.103. The Balaban J connectivity index is 1.68. The maximum Gasteiger partial charge on any atom is 0.229 e. The molecule has 1 aromatic carbocycles. The molecule has 2 aliphatic rings. The molecule has 4 atom stereocenters. The number of hydrogen-bond donors (Lipinski definition) is 3. The van der Waals surface area contributed by atoms with Crippen molar-refractivity contribution in [3.05, 3.63) is 29.8 Å². The van der Waals surface area contributed by atoms with Gasteiger partial charge in [-0.3, -0.25) is 4.79 Å². The van der Waals surface area contributed by atoms with Crippen LogP contribution in [0.25, 0.3) is 0 Å². The van der Waals surface area contributed by atoms with Gasteiger partial charge in [-0.2, -0.15) is 0 Å². The van der Waals surface area contributed by atoms with Crippen LogP contribution in [0.4, 0.5) is 5.69 Å². The fraction of sp³-hybridized carbons (Fsp3) is 0.533. The summed E-state index contributed by atoms with van der Waals surface area (Å²) in [4.78, 5) is 14.1. The monoisotopic (exact) mass is 292 g/mol. The number of carbonyl (C=O) groups excluding carboxylic acids is 1. The second-order valence-electron chi connectivity index (χ2n) is 5.56. The minimum atomic E-state index is -1.07. The van der Waals surface area contributed by atoms with Gasteiger partial charge in [-0.25, -0.2) is 0 Å². The molecule has 0 bridgehead atoms. The van der Waals surface area contributed by atoms with Crippen LogP contribution in [0, 0.1) is 0 Å². The molecule has 2 heterocycles. The van der Waals surface area contributed by atoms with Crippen molar-refractivity contribution in [2.75, 3.05) is 18.0 Å². The van der Waals surface area contributed by atoms with Crippen LogP contribution in [0.3, 0.4) is 0 Å². The van der Waals surface area contributed by atoms with E-state index in [2.05, 4.69) is 0 Å². The number of amides is 1. The van der Waals surface area contributed by atoms with Crippen molar-refractivity contribution in [1.29, 1.82) is 0 Å². The van der Waals surface area contributed by atoms with E-state index < -0.39 is 24.4 Å². The van der Waals surface area contributed by atoms with Crippen molar-refractivity contribution in [2.24, 2.45) is 5.73 Å². The second-order valence-corrected chi connectivity index (χ2v) is 5.56. The third kappa shape index (κ3) is 2.55. The summed E-state index contributed by atoms with van der Waals surface area (Å²) >= 11 is 0. The van der Waals surface area contributed by atoms with Crippen LogP contribution in [-0.2, 0) is 16.0 Å². The van der Waals surface area contributed by atoms with Crippen LogP contribution in [0.2, 0.25) is 0 Å². The number of nitrogens with zero attached hydrogens (tertiary/aromatic N) is 1. The molecule has 1 saturated heterocycles. The van der Waals surface area contributed by atoms with E-state index in [1.54, 1.807) is 4.90 Å². The molecule has 1 aromatic rings. The van der Waals surface area contributed by atoms with Crippen molar-refractivity contribution >= 4 is 11.6 Å². The van der Waals surface area contributed by atoms with Crippen LogP contribution in [0.15, 0.2) is 24.3 Å². The summed E-state index contributed by atoms with van der Waals surface area (Å²) in [6.07, 6.45) is -2.52. The van der Waals surface area contributed by atoms with Gasteiger partial charge in [-0.05, 0) is 18.1 Å². The van der Waals surface area contributed by atoms with Gasteiger partial charge in [-0.15, -0.1) is 0 Å². The molecule has 0 aromatic heterocycles. The molecule has 6 heteroatoms. The largest absolute Gasteiger partial charge is 0.388 e. The number of benzene rings is 1. The topological polar surface area (TPSA) is 96.0 Å². The summed E-state index contributed by atoms with van der Waals surface area (Å²) < 4.78 is 5.48. The minimum absolute atomic E-state index is 0.0447. The number of carbonyl (C=O) groups is 1. The maximum absolute atomic E-state index is 12.4. The Morgan fingerprint density at radius 2 is 2.00 bits per heavy atom. The number of fused-ring (bicyclic) bond motifs is 1. The number of aliphatic hydroxyl groups excluding tert-OH is 2. The van der Waals surface area contributed by atoms with E-state index in [9.17, 15) is 15.0 Å². The van der Waals surface area contributed by atoms with E-state index in [0.717, 1.165) is 17.7 Å². The molecule has 4 N–H and O–H groups in total. The first-order valence-electron chi connectivity index (χ1n) is 7.21. The molecule has 0 radical (unpaired) electrons. The first kappa shape index (κ1) is 14.5. The number of rotatable bonds is 3. The van der Waals surface area contributed by atoms with E-state index in [-0.39, 0.29) is 18.9 Å². The summed E-state index contributed by atoms with van der Waals surface area (Å²) in [5, 5.41) is 19.7. The molecule has 0 spiro atoms. The first-order chi connectivity index (χ1) is 10.1. The summed E-state index contributed by atoms with van der Waals surface area (Å²) in [6.45, 7) is 0.763. The molecule has 1 amide bonds. The molecule has 3 rings (SSSR count). The lowest BCUT2D eigenvalue weighted by Gasteiger charge is -2.21. The lowest BCUT2D eigenvalue weighted by molar-refractivity contribution is -0.122. The maximum atomic E-state index is 12.4. The molecule has 1 fully saturated rings. The van der Waals surface area contributed by atoms with E-state index in [0.29, 0.717) is 6.54 Å². The van der Waals surface area contributed by atoms with Crippen molar-refractivity contribution in [1.82, 2.24) is 0 Å². The zero-order chi connectivity index (χ0) is 15.0. The minimum Gasteiger partial charge on any atom is -0.388 e. The number of ether oxygens (including phenoxy) is 1. The lowest BCUT2D eigenvalue weighted by Crippen LogP contribution is -2.38. The fourth-order valence-electron chi connectivity index (χ4n) is 3.07. The van der Waals surface area contributed by atoms with Crippen molar-refractivity contribution in [3.63, 3.8) is 0 Å². The number of anilines is 1. The highest BCUT2D eigenvalue weighted by molar-refractivity contribution is 5.95. The Bertz CT molecular complexity index is 536. The van der Waals surface area contributed by atoms with Gasteiger partial charge >= 0.3 is 0 Å². The van der Waals surface area contributed by atoms with Crippen molar-refractivity contribution < 1.29 is 19.7 Å². The molecule has 6 nitrogen and oxygen atoms in total. The fourth-order valence-corrected chi connectivity index (χ4v) is 3.07. The smallest absolute Gasteiger partial charge is 0.229 e. The zero-order valence-electron chi connectivity index (χ0n) is 11.7. The van der Waals surface area contributed by atoms with Crippen LogP contribution in [0.1, 0.15) is 12.0 Å². The Kier molecular flexibility index (Phi) is 3.95. The molecule has 0 saturated carbocycles. The third-order valence-electron chi connectivity index (χ3n) is 4.26. The Hall–Kier alpha value is -1.47. The molecule has 0 unspecified atom stereocenters. The van der Waals surface area contributed by atoms with E-state index >= 15 is 0 Å². The van der Waals surface area contributed by atoms with Crippen molar-refractivity contribution in [3.8, 4) is 0 Å². The van der Waals surface area contributed by atoms with Gasteiger partial charge in [0, 0.05) is 18.8 Å². The Morgan fingerprint density at radius 3 is 2.71 bits per heavy atom. The SMILES string of the molecule is NC[C@H]1O[C@H](CC(=O)N2CCc3ccccc32)[C@H](O)[C@@H]1O. The summed E-state index contributed by atoms with van der Waals surface area (Å²) in [5.41, 5.74) is 7.55. The highest BCUT2D eigenvalue weighted by atomic mass is 16.5. The second kappa shape index (κ2) is 5.73. The Labute approximate surface area is 123 Å². The van der Waals surface area contributed by atoms with Crippen LogP contribution < -0.4 is 10.6 Å². The summed E-state index contributed by atoms with van der Waals surface area (Å²) in [6, 6.07) is 7.79. The molecule has 2 aliphatic heterocycles. The molecule has 114 valence electrons. The highest BCUT2D eigenvalue weighted by Crippen LogP contribution is 2.30. The van der Waals surface area contributed by atoms with Gasteiger partial charge < -0.3 is 25.6 Å². The molecular formula is C15H20N2O4.